The molecule has 1 aromatic carbocycles. The third-order valence-electron chi connectivity index (χ3n) is 2.51. The maximum atomic E-state index is 5.46. The van der Waals surface area contributed by atoms with Crippen LogP contribution in [0.1, 0.15) is 5.56 Å². The van der Waals surface area contributed by atoms with E-state index in [1.807, 2.05) is 31.5 Å². The van der Waals surface area contributed by atoms with Gasteiger partial charge in [-0.25, -0.2) is 0 Å². The molecular weight excluding hydrogens is 190 g/mol. The van der Waals surface area contributed by atoms with Crippen LogP contribution in [0.4, 0.5) is 0 Å². The summed E-state index contributed by atoms with van der Waals surface area (Å²) in [5.41, 5.74) is 2.14. The highest BCUT2D eigenvalue weighted by molar-refractivity contribution is 5.82. The van der Waals surface area contributed by atoms with Crippen LogP contribution in [0.5, 0.6) is 5.75 Å². The molecule has 2 aromatic rings. The topological polar surface area (TPSA) is 34.4 Å². The van der Waals surface area contributed by atoms with Crippen molar-refractivity contribution in [1.29, 1.82) is 0 Å². The second-order valence-electron chi connectivity index (χ2n) is 3.48. The summed E-state index contributed by atoms with van der Waals surface area (Å²) in [7, 11) is 3.62. The van der Waals surface area contributed by atoms with E-state index in [-0.39, 0.29) is 0 Å². The van der Waals surface area contributed by atoms with Crippen molar-refractivity contribution in [3.05, 3.63) is 30.0 Å². The van der Waals surface area contributed by atoms with E-state index < -0.39 is 0 Å². The molecular formula is C12H15NO2. The van der Waals surface area contributed by atoms with E-state index in [4.69, 9.17) is 9.15 Å². The van der Waals surface area contributed by atoms with E-state index in [1.165, 1.54) is 5.56 Å². The van der Waals surface area contributed by atoms with Crippen LogP contribution in [0.3, 0.4) is 0 Å². The first-order valence-corrected chi connectivity index (χ1v) is 5.04. The molecule has 0 aliphatic heterocycles. The molecule has 0 saturated heterocycles. The Balaban J connectivity index is 2.38. The molecule has 0 spiro atoms. The van der Waals surface area contributed by atoms with Crippen LogP contribution in [-0.4, -0.2) is 20.7 Å². The maximum absolute atomic E-state index is 5.46. The molecule has 3 heteroatoms. The van der Waals surface area contributed by atoms with Crippen LogP contribution in [0.15, 0.2) is 28.9 Å². The van der Waals surface area contributed by atoms with Gasteiger partial charge < -0.3 is 14.5 Å². The Labute approximate surface area is 89.0 Å². The quantitative estimate of drug-likeness (QED) is 0.831. The minimum Gasteiger partial charge on any atom is -0.497 e. The minimum absolute atomic E-state index is 0.870. The van der Waals surface area contributed by atoms with Gasteiger partial charge in [-0.1, -0.05) is 0 Å². The van der Waals surface area contributed by atoms with Gasteiger partial charge in [0.1, 0.15) is 11.3 Å². The van der Waals surface area contributed by atoms with Crippen molar-refractivity contribution >= 4 is 11.0 Å². The average molecular weight is 205 g/mol. The molecule has 0 aliphatic rings. The summed E-state index contributed by atoms with van der Waals surface area (Å²) in [6.07, 6.45) is 2.79. The van der Waals surface area contributed by atoms with Crippen molar-refractivity contribution in [2.45, 2.75) is 6.42 Å². The fourth-order valence-electron chi connectivity index (χ4n) is 1.64. The van der Waals surface area contributed by atoms with Crippen LogP contribution < -0.4 is 10.1 Å². The van der Waals surface area contributed by atoms with Gasteiger partial charge in [-0.05, 0) is 43.8 Å². The monoisotopic (exact) mass is 205 g/mol. The summed E-state index contributed by atoms with van der Waals surface area (Å²) in [4.78, 5) is 0. The summed E-state index contributed by atoms with van der Waals surface area (Å²) in [5.74, 6) is 0.870. The van der Waals surface area contributed by atoms with Gasteiger partial charge in [0.15, 0.2) is 0 Å². The summed E-state index contributed by atoms with van der Waals surface area (Å²) in [5, 5.41) is 4.27. The Morgan fingerprint density at radius 3 is 3.00 bits per heavy atom. The van der Waals surface area contributed by atoms with Crippen LogP contribution in [0.25, 0.3) is 11.0 Å². The van der Waals surface area contributed by atoms with E-state index in [0.29, 0.717) is 0 Å². The number of rotatable bonds is 4. The van der Waals surface area contributed by atoms with Gasteiger partial charge in [0.25, 0.3) is 0 Å². The molecule has 80 valence electrons. The summed E-state index contributed by atoms with van der Waals surface area (Å²) < 4.78 is 10.7. The second kappa shape index (κ2) is 4.36. The maximum Gasteiger partial charge on any atom is 0.134 e. The fraction of sp³-hybridized carbons (Fsp3) is 0.333. The number of methoxy groups -OCH3 is 1. The van der Waals surface area contributed by atoms with Crippen molar-refractivity contribution in [1.82, 2.24) is 5.32 Å². The number of likely N-dealkylation sites (N-methyl/N-ethyl adjacent to an activating group) is 1. The molecule has 0 atom stereocenters. The first-order chi connectivity index (χ1) is 7.35. The number of benzene rings is 1. The molecule has 1 N–H and O–H groups in total. The van der Waals surface area contributed by atoms with Gasteiger partial charge in [-0.2, -0.15) is 0 Å². The van der Waals surface area contributed by atoms with E-state index in [9.17, 15) is 0 Å². The SMILES string of the molecule is CNCCc1coc2ccc(OC)cc12. The van der Waals surface area contributed by atoms with Gasteiger partial charge in [0.05, 0.1) is 13.4 Å². The van der Waals surface area contributed by atoms with Crippen molar-refractivity contribution < 1.29 is 9.15 Å². The molecule has 1 heterocycles. The molecule has 1 aromatic heterocycles. The Bertz CT molecular complexity index is 448. The van der Waals surface area contributed by atoms with Crippen molar-refractivity contribution in [2.24, 2.45) is 0 Å². The number of ether oxygens (including phenoxy) is 1. The number of furan rings is 1. The largest absolute Gasteiger partial charge is 0.497 e. The summed E-state index contributed by atoms with van der Waals surface area (Å²) in [6.45, 7) is 0.950. The van der Waals surface area contributed by atoms with Crippen LogP contribution in [0.2, 0.25) is 0 Å². The lowest BCUT2D eigenvalue weighted by Gasteiger charge is -2.00. The Kier molecular flexibility index (Phi) is 2.92. The van der Waals surface area contributed by atoms with E-state index in [2.05, 4.69) is 5.32 Å². The fourth-order valence-corrected chi connectivity index (χ4v) is 1.64. The zero-order chi connectivity index (χ0) is 10.7. The van der Waals surface area contributed by atoms with Crippen LogP contribution >= 0.6 is 0 Å². The summed E-state index contributed by atoms with van der Waals surface area (Å²) >= 11 is 0. The molecule has 0 amide bonds. The highest BCUT2D eigenvalue weighted by Gasteiger charge is 2.06. The van der Waals surface area contributed by atoms with E-state index >= 15 is 0 Å². The third kappa shape index (κ3) is 1.97. The normalized spacial score (nSPS) is 10.8. The zero-order valence-electron chi connectivity index (χ0n) is 9.04. The predicted octanol–water partition coefficient (Wildman–Crippen LogP) is 2.20. The van der Waals surface area contributed by atoms with Crippen molar-refractivity contribution in [3.63, 3.8) is 0 Å². The third-order valence-corrected chi connectivity index (χ3v) is 2.51. The smallest absolute Gasteiger partial charge is 0.134 e. The van der Waals surface area contributed by atoms with E-state index in [1.54, 1.807) is 7.11 Å². The van der Waals surface area contributed by atoms with E-state index in [0.717, 1.165) is 29.7 Å². The number of fused-ring (bicyclic) bond motifs is 1. The first-order valence-electron chi connectivity index (χ1n) is 5.04. The summed E-state index contributed by atoms with van der Waals surface area (Å²) in [6, 6.07) is 5.87. The molecule has 0 bridgehead atoms. The van der Waals surface area contributed by atoms with Gasteiger partial charge in [0, 0.05) is 5.39 Å². The van der Waals surface area contributed by atoms with Gasteiger partial charge in [-0.15, -0.1) is 0 Å². The molecule has 0 radical (unpaired) electrons. The molecule has 2 rings (SSSR count). The molecule has 0 fully saturated rings. The standard InChI is InChI=1S/C12H15NO2/c1-13-6-5-9-8-15-12-4-3-10(14-2)7-11(9)12/h3-4,7-8,13H,5-6H2,1-2H3. The van der Waals surface area contributed by atoms with Crippen molar-refractivity contribution in [3.8, 4) is 5.75 Å². The lowest BCUT2D eigenvalue weighted by atomic mass is 10.1. The Hall–Kier alpha value is -1.48. The van der Waals surface area contributed by atoms with Crippen LogP contribution in [-0.2, 0) is 6.42 Å². The highest BCUT2D eigenvalue weighted by Crippen LogP contribution is 2.25. The molecule has 3 nitrogen and oxygen atoms in total. The lowest BCUT2D eigenvalue weighted by Crippen LogP contribution is -2.09. The number of hydrogen-bond donors (Lipinski definition) is 1. The first kappa shape index (κ1) is 10.1. The minimum atomic E-state index is 0.870. The van der Waals surface area contributed by atoms with Gasteiger partial charge >= 0.3 is 0 Å². The average Bonchev–Trinajstić information content (AvgIpc) is 2.68. The number of hydrogen-bond acceptors (Lipinski definition) is 3. The van der Waals surface area contributed by atoms with Gasteiger partial charge in [-0.3, -0.25) is 0 Å². The Morgan fingerprint density at radius 1 is 1.40 bits per heavy atom. The molecule has 0 unspecified atom stereocenters. The van der Waals surface area contributed by atoms with Crippen molar-refractivity contribution in [2.75, 3.05) is 20.7 Å². The zero-order valence-corrected chi connectivity index (χ0v) is 9.04. The highest BCUT2D eigenvalue weighted by atomic mass is 16.5. The van der Waals surface area contributed by atoms with Crippen LogP contribution in [0, 0.1) is 0 Å². The number of nitrogens with one attached hydrogen (secondary N) is 1. The molecule has 0 aliphatic carbocycles. The van der Waals surface area contributed by atoms with Gasteiger partial charge in [0.2, 0.25) is 0 Å². The lowest BCUT2D eigenvalue weighted by molar-refractivity contribution is 0.415. The molecule has 15 heavy (non-hydrogen) atoms. The Morgan fingerprint density at radius 2 is 2.27 bits per heavy atom. The second-order valence-corrected chi connectivity index (χ2v) is 3.48. The molecule has 0 saturated carbocycles. The predicted molar refractivity (Wildman–Crippen MR) is 60.4 cm³/mol.